The molecule has 0 saturated carbocycles. The SMILES string of the molecule is CNC(=O)c1ccc(NC(=O)[C@@H]2CCCNC2)c(C)c1. The fourth-order valence-corrected chi connectivity index (χ4v) is 2.40. The maximum atomic E-state index is 12.2. The number of hydrogen-bond acceptors (Lipinski definition) is 3. The monoisotopic (exact) mass is 275 g/mol. The lowest BCUT2D eigenvalue weighted by molar-refractivity contribution is -0.120. The molecule has 5 heteroatoms. The van der Waals surface area contributed by atoms with Crippen LogP contribution in [0.25, 0.3) is 0 Å². The molecule has 1 saturated heterocycles. The third-order valence-electron chi connectivity index (χ3n) is 3.64. The largest absolute Gasteiger partial charge is 0.355 e. The zero-order chi connectivity index (χ0) is 14.5. The summed E-state index contributed by atoms with van der Waals surface area (Å²) >= 11 is 0. The van der Waals surface area contributed by atoms with Gasteiger partial charge in [-0.15, -0.1) is 0 Å². The van der Waals surface area contributed by atoms with Gasteiger partial charge in [-0.2, -0.15) is 0 Å². The van der Waals surface area contributed by atoms with E-state index in [4.69, 9.17) is 0 Å². The number of piperidine rings is 1. The number of anilines is 1. The van der Waals surface area contributed by atoms with Gasteiger partial charge in [-0.1, -0.05) is 0 Å². The van der Waals surface area contributed by atoms with Crippen LogP contribution in [0.2, 0.25) is 0 Å². The molecule has 1 fully saturated rings. The van der Waals surface area contributed by atoms with Crippen molar-refractivity contribution in [2.75, 3.05) is 25.5 Å². The summed E-state index contributed by atoms with van der Waals surface area (Å²) in [5, 5.41) is 8.77. The van der Waals surface area contributed by atoms with E-state index in [1.54, 1.807) is 25.2 Å². The first-order valence-corrected chi connectivity index (χ1v) is 6.96. The number of nitrogens with one attached hydrogen (secondary N) is 3. The number of hydrogen-bond donors (Lipinski definition) is 3. The predicted molar refractivity (Wildman–Crippen MR) is 78.8 cm³/mol. The van der Waals surface area contributed by atoms with Crippen LogP contribution in [0.15, 0.2) is 18.2 Å². The first-order chi connectivity index (χ1) is 9.61. The van der Waals surface area contributed by atoms with E-state index in [1.165, 1.54) is 0 Å². The van der Waals surface area contributed by atoms with Crippen LogP contribution in [0, 0.1) is 12.8 Å². The second-order valence-corrected chi connectivity index (χ2v) is 5.14. The topological polar surface area (TPSA) is 70.2 Å². The zero-order valence-corrected chi connectivity index (χ0v) is 12.0. The van der Waals surface area contributed by atoms with Crippen molar-refractivity contribution in [1.29, 1.82) is 0 Å². The Bertz CT molecular complexity index is 508. The standard InChI is InChI=1S/C15H21N3O2/c1-10-8-11(14(19)16-2)5-6-13(10)18-15(20)12-4-3-7-17-9-12/h5-6,8,12,17H,3-4,7,9H2,1-2H3,(H,16,19)(H,18,20)/t12-/m1/s1. The summed E-state index contributed by atoms with van der Waals surface area (Å²) in [4.78, 5) is 23.7. The van der Waals surface area contributed by atoms with Gasteiger partial charge in [-0.3, -0.25) is 9.59 Å². The van der Waals surface area contributed by atoms with E-state index >= 15 is 0 Å². The van der Waals surface area contributed by atoms with Gasteiger partial charge in [0.1, 0.15) is 0 Å². The Hall–Kier alpha value is -1.88. The summed E-state index contributed by atoms with van der Waals surface area (Å²) in [5.41, 5.74) is 2.26. The Balaban J connectivity index is 2.05. The van der Waals surface area contributed by atoms with Crippen molar-refractivity contribution >= 4 is 17.5 Å². The molecule has 0 unspecified atom stereocenters. The van der Waals surface area contributed by atoms with E-state index < -0.39 is 0 Å². The number of benzene rings is 1. The molecule has 108 valence electrons. The molecule has 0 spiro atoms. The zero-order valence-electron chi connectivity index (χ0n) is 12.0. The van der Waals surface area contributed by atoms with Crippen LogP contribution < -0.4 is 16.0 Å². The minimum atomic E-state index is -0.123. The van der Waals surface area contributed by atoms with Crippen LogP contribution in [0.4, 0.5) is 5.69 Å². The molecular formula is C15H21N3O2. The van der Waals surface area contributed by atoms with Crippen LogP contribution in [-0.2, 0) is 4.79 Å². The molecule has 0 aromatic heterocycles. The number of carbonyl (C=O) groups excluding carboxylic acids is 2. The Morgan fingerprint density at radius 1 is 1.35 bits per heavy atom. The average Bonchev–Trinajstić information content (AvgIpc) is 2.49. The van der Waals surface area contributed by atoms with Gasteiger partial charge in [0.05, 0.1) is 5.92 Å². The highest BCUT2D eigenvalue weighted by Crippen LogP contribution is 2.19. The van der Waals surface area contributed by atoms with Gasteiger partial charge < -0.3 is 16.0 Å². The van der Waals surface area contributed by atoms with Crippen molar-refractivity contribution in [1.82, 2.24) is 10.6 Å². The number of aryl methyl sites for hydroxylation is 1. The predicted octanol–water partition coefficient (Wildman–Crippen LogP) is 1.29. The summed E-state index contributed by atoms with van der Waals surface area (Å²) < 4.78 is 0. The van der Waals surface area contributed by atoms with Crippen LogP contribution in [0.5, 0.6) is 0 Å². The van der Waals surface area contributed by atoms with Crippen molar-refractivity contribution in [2.24, 2.45) is 5.92 Å². The molecule has 1 aromatic rings. The molecule has 0 bridgehead atoms. The number of rotatable bonds is 3. The molecular weight excluding hydrogens is 254 g/mol. The highest BCUT2D eigenvalue weighted by atomic mass is 16.2. The van der Waals surface area contributed by atoms with Crippen molar-refractivity contribution in [3.63, 3.8) is 0 Å². The fraction of sp³-hybridized carbons (Fsp3) is 0.467. The lowest BCUT2D eigenvalue weighted by Gasteiger charge is -2.22. The van der Waals surface area contributed by atoms with Crippen molar-refractivity contribution in [3.8, 4) is 0 Å². The molecule has 0 radical (unpaired) electrons. The van der Waals surface area contributed by atoms with E-state index in [0.29, 0.717) is 5.56 Å². The maximum absolute atomic E-state index is 12.2. The molecule has 5 nitrogen and oxygen atoms in total. The van der Waals surface area contributed by atoms with Crippen LogP contribution in [0.3, 0.4) is 0 Å². The first kappa shape index (κ1) is 14.5. The Labute approximate surface area is 119 Å². The van der Waals surface area contributed by atoms with Crippen LogP contribution in [-0.4, -0.2) is 32.0 Å². The molecule has 1 heterocycles. The molecule has 2 rings (SSSR count). The van der Waals surface area contributed by atoms with Gasteiger partial charge in [0, 0.05) is 24.8 Å². The van der Waals surface area contributed by atoms with Crippen LogP contribution >= 0.6 is 0 Å². The van der Waals surface area contributed by atoms with Gasteiger partial charge in [0.2, 0.25) is 5.91 Å². The average molecular weight is 275 g/mol. The third-order valence-corrected chi connectivity index (χ3v) is 3.64. The van der Waals surface area contributed by atoms with Crippen molar-refractivity contribution in [3.05, 3.63) is 29.3 Å². The van der Waals surface area contributed by atoms with E-state index in [9.17, 15) is 9.59 Å². The van der Waals surface area contributed by atoms with Crippen LogP contribution in [0.1, 0.15) is 28.8 Å². The summed E-state index contributed by atoms with van der Waals surface area (Å²) in [5.74, 6) is -0.0442. The molecule has 2 amide bonds. The normalized spacial score (nSPS) is 18.4. The Kier molecular flexibility index (Phi) is 4.74. The van der Waals surface area contributed by atoms with E-state index in [1.807, 2.05) is 6.92 Å². The Morgan fingerprint density at radius 2 is 2.15 bits per heavy atom. The van der Waals surface area contributed by atoms with Gasteiger partial charge in [-0.05, 0) is 50.1 Å². The minimum Gasteiger partial charge on any atom is -0.355 e. The van der Waals surface area contributed by atoms with Gasteiger partial charge >= 0.3 is 0 Å². The third kappa shape index (κ3) is 3.36. The maximum Gasteiger partial charge on any atom is 0.251 e. The second-order valence-electron chi connectivity index (χ2n) is 5.14. The van der Waals surface area contributed by atoms with Gasteiger partial charge in [0.25, 0.3) is 5.91 Å². The summed E-state index contributed by atoms with van der Waals surface area (Å²) in [7, 11) is 1.60. The first-order valence-electron chi connectivity index (χ1n) is 6.96. The van der Waals surface area contributed by atoms with E-state index in [2.05, 4.69) is 16.0 Å². The number of amides is 2. The summed E-state index contributed by atoms with van der Waals surface area (Å²) in [6, 6.07) is 5.29. The Morgan fingerprint density at radius 3 is 2.75 bits per heavy atom. The molecule has 1 aliphatic rings. The highest BCUT2D eigenvalue weighted by Gasteiger charge is 2.21. The molecule has 0 aliphatic carbocycles. The summed E-state index contributed by atoms with van der Waals surface area (Å²) in [6.45, 7) is 3.62. The second kappa shape index (κ2) is 6.52. The molecule has 1 atom stereocenters. The summed E-state index contributed by atoms with van der Waals surface area (Å²) in [6.07, 6.45) is 1.96. The van der Waals surface area contributed by atoms with Gasteiger partial charge in [0.15, 0.2) is 0 Å². The van der Waals surface area contributed by atoms with E-state index in [-0.39, 0.29) is 17.7 Å². The van der Waals surface area contributed by atoms with E-state index in [0.717, 1.165) is 37.2 Å². The lowest BCUT2D eigenvalue weighted by Crippen LogP contribution is -2.37. The van der Waals surface area contributed by atoms with Crippen molar-refractivity contribution < 1.29 is 9.59 Å². The van der Waals surface area contributed by atoms with Gasteiger partial charge in [-0.25, -0.2) is 0 Å². The fourth-order valence-electron chi connectivity index (χ4n) is 2.40. The smallest absolute Gasteiger partial charge is 0.251 e. The number of carbonyl (C=O) groups is 2. The molecule has 1 aromatic carbocycles. The molecule has 3 N–H and O–H groups in total. The molecule has 20 heavy (non-hydrogen) atoms. The van der Waals surface area contributed by atoms with Crippen molar-refractivity contribution in [2.45, 2.75) is 19.8 Å². The lowest BCUT2D eigenvalue weighted by atomic mass is 9.98. The quantitative estimate of drug-likeness (QED) is 0.778. The highest BCUT2D eigenvalue weighted by molar-refractivity contribution is 5.97. The molecule has 1 aliphatic heterocycles. The minimum absolute atomic E-state index is 0.0294.